The van der Waals surface area contributed by atoms with Gasteiger partial charge in [0.15, 0.2) is 0 Å². The van der Waals surface area contributed by atoms with Gasteiger partial charge in [-0.3, -0.25) is 0 Å². The van der Waals surface area contributed by atoms with Crippen molar-refractivity contribution < 1.29 is 4.74 Å². The fourth-order valence-electron chi connectivity index (χ4n) is 2.19. The van der Waals surface area contributed by atoms with Crippen LogP contribution in [0.5, 0.6) is 5.75 Å². The van der Waals surface area contributed by atoms with Crippen molar-refractivity contribution in [3.63, 3.8) is 0 Å². The number of nitrogens with zero attached hydrogens (tertiary/aromatic N) is 1. The van der Waals surface area contributed by atoms with Gasteiger partial charge in [-0.1, -0.05) is 0 Å². The van der Waals surface area contributed by atoms with Crippen molar-refractivity contribution in [1.29, 1.82) is 0 Å². The molecule has 1 fully saturated rings. The monoisotopic (exact) mass is 347 g/mol. The van der Waals surface area contributed by atoms with Crippen LogP contribution >= 0.6 is 0 Å². The van der Waals surface area contributed by atoms with Crippen molar-refractivity contribution in [3.05, 3.63) is 60.2 Å². The van der Waals surface area contributed by atoms with Crippen LogP contribution in [0.25, 0.3) is 6.08 Å². The van der Waals surface area contributed by atoms with E-state index < -0.39 is 0 Å². The summed E-state index contributed by atoms with van der Waals surface area (Å²) in [6.07, 6.45) is 15.0. The predicted octanol–water partition coefficient (Wildman–Crippen LogP) is 3.22. The summed E-state index contributed by atoms with van der Waals surface area (Å²) in [5, 5.41) is 0. The summed E-state index contributed by atoms with van der Waals surface area (Å²) >= 11 is 3.14. The molecule has 0 bridgehead atoms. The van der Waals surface area contributed by atoms with Gasteiger partial charge in [-0.2, -0.15) is 0 Å². The summed E-state index contributed by atoms with van der Waals surface area (Å²) in [7, 11) is 1.68. The van der Waals surface area contributed by atoms with Gasteiger partial charge in [0.2, 0.25) is 0 Å². The van der Waals surface area contributed by atoms with Gasteiger partial charge in [-0.05, 0) is 0 Å². The van der Waals surface area contributed by atoms with Gasteiger partial charge in [-0.25, -0.2) is 0 Å². The quantitative estimate of drug-likeness (QED) is 0.579. The molecule has 110 valence electrons. The maximum atomic E-state index is 5.13. The second-order valence-electron chi connectivity index (χ2n) is 4.91. The van der Waals surface area contributed by atoms with Crippen molar-refractivity contribution in [2.24, 2.45) is 0 Å². The van der Waals surface area contributed by atoms with Crippen molar-refractivity contribution in [3.8, 4) is 5.75 Å². The van der Waals surface area contributed by atoms with Crippen LogP contribution in [0.4, 0.5) is 0 Å². The Labute approximate surface area is 135 Å². The SMILES string of the molecule is COc1ccc(/C=C/C=C/C=C/C(=[Se])N2CCCC2)cc1. The number of benzene rings is 1. The van der Waals surface area contributed by atoms with Crippen LogP contribution in [-0.2, 0) is 0 Å². The van der Waals surface area contributed by atoms with Gasteiger partial charge in [0.25, 0.3) is 0 Å². The summed E-state index contributed by atoms with van der Waals surface area (Å²) in [6.45, 7) is 2.35. The molecule has 0 radical (unpaired) electrons. The van der Waals surface area contributed by atoms with E-state index in [0.717, 1.165) is 11.3 Å². The summed E-state index contributed by atoms with van der Waals surface area (Å²) in [4.78, 5) is 2.39. The normalized spacial score (nSPS) is 15.6. The molecule has 0 unspecified atom stereocenters. The third-order valence-electron chi connectivity index (χ3n) is 3.39. The van der Waals surface area contributed by atoms with Gasteiger partial charge < -0.3 is 0 Å². The van der Waals surface area contributed by atoms with Crippen molar-refractivity contribution in [2.75, 3.05) is 20.2 Å². The van der Waals surface area contributed by atoms with Crippen LogP contribution in [0.15, 0.2) is 54.6 Å². The number of allylic oxidation sites excluding steroid dienone is 4. The molecule has 2 nitrogen and oxygen atoms in total. The zero-order valence-electron chi connectivity index (χ0n) is 12.4. The summed E-state index contributed by atoms with van der Waals surface area (Å²) in [6, 6.07) is 8.01. The van der Waals surface area contributed by atoms with E-state index >= 15 is 0 Å². The van der Waals surface area contributed by atoms with E-state index in [1.807, 2.05) is 42.5 Å². The number of hydrogen-bond donors (Lipinski definition) is 0. The second-order valence-corrected chi connectivity index (χ2v) is 5.79. The Hall–Kier alpha value is -1.57. The van der Waals surface area contributed by atoms with Crippen LogP contribution in [0.1, 0.15) is 18.4 Å². The van der Waals surface area contributed by atoms with E-state index in [2.05, 4.69) is 38.7 Å². The van der Waals surface area contributed by atoms with E-state index in [-0.39, 0.29) is 0 Å². The fourth-order valence-corrected chi connectivity index (χ4v) is 2.74. The number of methoxy groups -OCH3 is 1. The summed E-state index contributed by atoms with van der Waals surface area (Å²) in [5.74, 6) is 0.884. The molecule has 0 atom stereocenters. The third kappa shape index (κ3) is 5.37. The van der Waals surface area contributed by atoms with E-state index in [1.165, 1.54) is 30.5 Å². The van der Waals surface area contributed by atoms with Gasteiger partial charge in [0.1, 0.15) is 0 Å². The van der Waals surface area contributed by atoms with Crippen LogP contribution in [0.3, 0.4) is 0 Å². The van der Waals surface area contributed by atoms with Crippen molar-refractivity contribution >= 4 is 26.2 Å². The number of rotatable bonds is 6. The van der Waals surface area contributed by atoms with Gasteiger partial charge in [0, 0.05) is 0 Å². The Kier molecular flexibility index (Phi) is 6.52. The van der Waals surface area contributed by atoms with Crippen molar-refractivity contribution in [2.45, 2.75) is 12.8 Å². The molecule has 1 aliphatic rings. The van der Waals surface area contributed by atoms with Gasteiger partial charge in [0.05, 0.1) is 7.11 Å². The Balaban J connectivity index is 1.78. The van der Waals surface area contributed by atoms with Crippen molar-refractivity contribution in [1.82, 2.24) is 4.90 Å². The summed E-state index contributed by atoms with van der Waals surface area (Å²) in [5.41, 5.74) is 1.16. The Bertz CT molecular complexity index is 537. The number of likely N-dealkylation sites (tertiary alicyclic amines) is 1. The van der Waals surface area contributed by atoms with E-state index in [4.69, 9.17) is 4.74 Å². The minimum atomic E-state index is 0.884. The number of hydrogen-bond acceptors (Lipinski definition) is 2. The molecule has 0 saturated carbocycles. The standard InChI is InChI=1S/C18H21NOSe/c1-20-17-12-10-16(11-13-17)8-4-2-3-5-9-18(21)19-14-6-7-15-19/h2-5,8-13H,6-7,14-15H2,1H3/b3-2+,8-4+,9-5+. The molecular formula is C18H21NOSe. The van der Waals surface area contributed by atoms with Crippen LogP contribution in [0, 0.1) is 0 Å². The molecule has 1 saturated heterocycles. The van der Waals surface area contributed by atoms with Crippen LogP contribution in [0.2, 0.25) is 0 Å². The van der Waals surface area contributed by atoms with E-state index in [0.29, 0.717) is 0 Å². The molecule has 21 heavy (non-hydrogen) atoms. The first-order valence-corrected chi connectivity index (χ1v) is 8.09. The van der Waals surface area contributed by atoms with Gasteiger partial charge in [-0.15, -0.1) is 0 Å². The minimum absolute atomic E-state index is 0.884. The molecule has 0 spiro atoms. The van der Waals surface area contributed by atoms with E-state index in [9.17, 15) is 0 Å². The first-order valence-electron chi connectivity index (χ1n) is 7.24. The zero-order chi connectivity index (χ0) is 14.9. The Morgan fingerprint density at radius 2 is 1.71 bits per heavy atom. The van der Waals surface area contributed by atoms with Crippen LogP contribution < -0.4 is 4.74 Å². The molecule has 0 amide bonds. The molecule has 1 heterocycles. The molecule has 1 aromatic rings. The van der Waals surface area contributed by atoms with E-state index in [1.54, 1.807) is 7.11 Å². The molecular weight excluding hydrogens is 325 g/mol. The Morgan fingerprint density at radius 1 is 1.05 bits per heavy atom. The second kappa shape index (κ2) is 8.66. The van der Waals surface area contributed by atoms with Gasteiger partial charge >= 0.3 is 128 Å². The average Bonchev–Trinajstić information content (AvgIpc) is 3.05. The summed E-state index contributed by atoms with van der Waals surface area (Å²) < 4.78 is 6.37. The molecule has 0 aliphatic carbocycles. The molecule has 1 aromatic carbocycles. The molecule has 3 heteroatoms. The zero-order valence-corrected chi connectivity index (χ0v) is 14.1. The average molecular weight is 346 g/mol. The maximum absolute atomic E-state index is 5.13. The number of ether oxygens (including phenoxy) is 1. The fraction of sp³-hybridized carbons (Fsp3) is 0.278. The molecule has 1 aliphatic heterocycles. The third-order valence-corrected chi connectivity index (χ3v) is 4.22. The molecule has 0 aromatic heterocycles. The Morgan fingerprint density at radius 3 is 2.38 bits per heavy atom. The predicted molar refractivity (Wildman–Crippen MR) is 91.9 cm³/mol. The first-order chi connectivity index (χ1) is 10.3. The molecule has 2 rings (SSSR count). The molecule has 0 N–H and O–H groups in total. The topological polar surface area (TPSA) is 12.5 Å². The van der Waals surface area contributed by atoms with Crippen LogP contribution in [-0.4, -0.2) is 45.2 Å². The first kappa shape index (κ1) is 15.8.